The minimum absolute atomic E-state index is 0.0192. The summed E-state index contributed by atoms with van der Waals surface area (Å²) in [6.07, 6.45) is -2.02. The monoisotopic (exact) mass is 342 g/mol. The molecule has 0 amide bonds. The lowest BCUT2D eigenvalue weighted by Crippen LogP contribution is -2.04. The van der Waals surface area contributed by atoms with Gasteiger partial charge in [-0.05, 0) is 36.2 Å². The molecule has 2 aromatic rings. The molecule has 1 heterocycles. The number of hydrogen-bond acceptors (Lipinski definition) is 3. The van der Waals surface area contributed by atoms with Gasteiger partial charge < -0.3 is 5.11 Å². The summed E-state index contributed by atoms with van der Waals surface area (Å²) in [5.41, 5.74) is 1.42. The average molecular weight is 342 g/mol. The Labute approximate surface area is 142 Å². The van der Waals surface area contributed by atoms with Gasteiger partial charge >= 0.3 is 6.18 Å². The molecule has 126 valence electrons. The fourth-order valence-electron chi connectivity index (χ4n) is 2.38. The van der Waals surface area contributed by atoms with E-state index in [0.717, 1.165) is 17.7 Å². The summed E-state index contributed by atoms with van der Waals surface area (Å²) < 4.78 is 37.9. The van der Waals surface area contributed by atoms with E-state index in [1.54, 1.807) is 24.3 Å². The van der Waals surface area contributed by atoms with E-state index < -0.39 is 11.7 Å². The minimum atomic E-state index is -4.39. The number of allylic oxidation sites excluding steroid dienone is 1. The lowest BCUT2D eigenvalue weighted by molar-refractivity contribution is -0.137. The number of phenols is 1. The highest BCUT2D eigenvalue weighted by molar-refractivity contribution is 6.14. The third kappa shape index (κ3) is 3.54. The average Bonchev–Trinajstić information content (AvgIpc) is 3.06. The van der Waals surface area contributed by atoms with Crippen LogP contribution in [0.15, 0.2) is 65.1 Å². The van der Waals surface area contributed by atoms with Crippen molar-refractivity contribution >= 4 is 17.4 Å². The quantitative estimate of drug-likeness (QED) is 0.810. The van der Waals surface area contributed by atoms with Gasteiger partial charge in [0.05, 0.1) is 11.1 Å². The summed E-state index contributed by atoms with van der Waals surface area (Å²) in [7, 11) is 0. The van der Waals surface area contributed by atoms with Crippen LogP contribution in [-0.4, -0.2) is 16.8 Å². The molecule has 6 heteroatoms. The Hall–Kier alpha value is -3.11. The molecular formula is C19H13F3N2O. The van der Waals surface area contributed by atoms with Crippen LogP contribution in [0.3, 0.4) is 0 Å². The van der Waals surface area contributed by atoms with Crippen molar-refractivity contribution in [2.24, 2.45) is 9.98 Å². The Morgan fingerprint density at radius 1 is 1.12 bits per heavy atom. The second-order valence-electron chi connectivity index (χ2n) is 5.43. The third-order valence-electron chi connectivity index (χ3n) is 3.65. The molecule has 0 aromatic heterocycles. The minimum Gasteiger partial charge on any atom is -0.507 e. The molecule has 25 heavy (non-hydrogen) atoms. The van der Waals surface area contributed by atoms with Gasteiger partial charge in [-0.15, -0.1) is 6.58 Å². The lowest BCUT2D eigenvalue weighted by atomic mass is 10.1. The Kier molecular flexibility index (Phi) is 4.30. The zero-order valence-electron chi connectivity index (χ0n) is 13.0. The Morgan fingerprint density at radius 3 is 2.48 bits per heavy atom. The van der Waals surface area contributed by atoms with Gasteiger partial charge in [0, 0.05) is 11.4 Å². The number of halogens is 3. The van der Waals surface area contributed by atoms with Gasteiger partial charge in [-0.3, -0.25) is 0 Å². The maximum absolute atomic E-state index is 12.6. The maximum atomic E-state index is 12.6. The number of benzene rings is 2. The molecule has 0 atom stereocenters. The summed E-state index contributed by atoms with van der Waals surface area (Å²) in [4.78, 5) is 8.32. The predicted octanol–water partition coefficient (Wildman–Crippen LogP) is 4.61. The van der Waals surface area contributed by atoms with Gasteiger partial charge in [0.25, 0.3) is 0 Å². The zero-order chi connectivity index (χ0) is 18.0. The van der Waals surface area contributed by atoms with E-state index in [1.807, 2.05) is 0 Å². The number of alkyl halides is 3. The van der Waals surface area contributed by atoms with Gasteiger partial charge in [0.15, 0.2) is 5.84 Å². The normalized spacial score (nSPS) is 13.6. The number of phenolic OH excluding ortho intramolecular Hbond substituents is 1. The van der Waals surface area contributed by atoms with Gasteiger partial charge in [-0.2, -0.15) is 18.2 Å². The molecule has 2 aromatic carbocycles. The van der Waals surface area contributed by atoms with Crippen molar-refractivity contribution in [1.29, 1.82) is 0 Å². The topological polar surface area (TPSA) is 45.0 Å². The van der Waals surface area contributed by atoms with E-state index >= 15 is 0 Å². The van der Waals surface area contributed by atoms with E-state index in [1.165, 1.54) is 12.1 Å². The van der Waals surface area contributed by atoms with Crippen molar-refractivity contribution in [3.8, 4) is 5.75 Å². The standard InChI is InChI=1S/C19H13F3N2O/c1-2-3-12-4-9-17(25)15(10-12)18-23-11-16(24-18)13-5-7-14(8-6-13)19(20,21)22/h2,4-10,25H,1,3H2. The molecule has 0 saturated heterocycles. The van der Waals surface area contributed by atoms with Gasteiger partial charge in [0.2, 0.25) is 0 Å². The first-order valence-electron chi connectivity index (χ1n) is 7.41. The molecule has 1 aliphatic heterocycles. The van der Waals surface area contributed by atoms with Crippen LogP contribution in [-0.2, 0) is 12.6 Å². The Bertz CT molecular complexity index is 919. The van der Waals surface area contributed by atoms with Crippen LogP contribution in [0.4, 0.5) is 13.2 Å². The van der Waals surface area contributed by atoms with Crippen LogP contribution in [0.1, 0.15) is 22.3 Å². The van der Waals surface area contributed by atoms with E-state index in [0.29, 0.717) is 23.2 Å². The van der Waals surface area contributed by atoms with E-state index in [2.05, 4.69) is 22.4 Å². The number of aliphatic imine (C=N–C) groups is 2. The number of rotatable bonds is 4. The summed E-state index contributed by atoms with van der Waals surface area (Å²) in [5, 5.41) is 10.0. The number of aromatic hydroxyl groups is 1. The molecule has 0 unspecified atom stereocenters. The fraction of sp³-hybridized carbons (Fsp3) is 0.105. The van der Waals surface area contributed by atoms with Gasteiger partial charge in [0.1, 0.15) is 11.4 Å². The number of amidine groups is 1. The summed E-state index contributed by atoms with van der Waals surface area (Å²) >= 11 is 0. The van der Waals surface area contributed by atoms with Crippen LogP contribution in [0, 0.1) is 0 Å². The molecule has 0 spiro atoms. The van der Waals surface area contributed by atoms with Gasteiger partial charge in [-0.1, -0.05) is 24.3 Å². The van der Waals surface area contributed by atoms with Crippen LogP contribution in [0.25, 0.3) is 5.70 Å². The molecule has 0 fully saturated rings. The van der Waals surface area contributed by atoms with Crippen LogP contribution >= 0.6 is 0 Å². The van der Waals surface area contributed by atoms with Gasteiger partial charge in [-0.25, -0.2) is 4.99 Å². The maximum Gasteiger partial charge on any atom is 0.416 e. The SMILES string of the molecule is C=CCc1ccc(O)c(C2=NC(c3ccc(C(F)(F)F)cc3)=C=N2)c1. The smallest absolute Gasteiger partial charge is 0.416 e. The van der Waals surface area contributed by atoms with Crippen LogP contribution < -0.4 is 0 Å². The largest absolute Gasteiger partial charge is 0.507 e. The molecule has 1 aliphatic rings. The first kappa shape index (κ1) is 16.7. The summed E-state index contributed by atoms with van der Waals surface area (Å²) in [6, 6.07) is 9.67. The predicted molar refractivity (Wildman–Crippen MR) is 90.8 cm³/mol. The highest BCUT2D eigenvalue weighted by atomic mass is 19.4. The van der Waals surface area contributed by atoms with Crippen LogP contribution in [0.2, 0.25) is 0 Å². The van der Waals surface area contributed by atoms with Crippen molar-refractivity contribution in [3.05, 3.63) is 77.4 Å². The first-order chi connectivity index (χ1) is 11.9. The number of nitrogens with zero attached hydrogens (tertiary/aromatic N) is 2. The third-order valence-corrected chi connectivity index (χ3v) is 3.65. The second-order valence-corrected chi connectivity index (χ2v) is 5.43. The number of hydrogen-bond donors (Lipinski definition) is 1. The molecule has 0 saturated carbocycles. The molecule has 0 radical (unpaired) electrons. The van der Waals surface area contributed by atoms with E-state index in [4.69, 9.17) is 0 Å². The fourth-order valence-corrected chi connectivity index (χ4v) is 2.38. The summed E-state index contributed by atoms with van der Waals surface area (Å²) in [6.45, 7) is 3.67. The highest BCUT2D eigenvalue weighted by Gasteiger charge is 2.30. The molecular weight excluding hydrogens is 329 g/mol. The lowest BCUT2D eigenvalue weighted by Gasteiger charge is -2.07. The van der Waals surface area contributed by atoms with Crippen molar-refractivity contribution in [2.45, 2.75) is 12.6 Å². The molecule has 1 N–H and O–H groups in total. The Balaban J connectivity index is 1.89. The van der Waals surface area contributed by atoms with E-state index in [-0.39, 0.29) is 11.6 Å². The molecule has 3 rings (SSSR count). The van der Waals surface area contributed by atoms with Crippen molar-refractivity contribution < 1.29 is 18.3 Å². The molecule has 0 bridgehead atoms. The van der Waals surface area contributed by atoms with Crippen molar-refractivity contribution in [1.82, 2.24) is 0 Å². The van der Waals surface area contributed by atoms with Crippen LogP contribution in [0.5, 0.6) is 5.75 Å². The second kappa shape index (κ2) is 6.42. The molecule has 3 nitrogen and oxygen atoms in total. The van der Waals surface area contributed by atoms with E-state index in [9.17, 15) is 18.3 Å². The highest BCUT2D eigenvalue weighted by Crippen LogP contribution is 2.31. The van der Waals surface area contributed by atoms with Crippen molar-refractivity contribution in [2.75, 3.05) is 0 Å². The van der Waals surface area contributed by atoms with Crippen molar-refractivity contribution in [3.63, 3.8) is 0 Å². The zero-order valence-corrected chi connectivity index (χ0v) is 13.0. The Morgan fingerprint density at radius 2 is 1.84 bits per heavy atom. The first-order valence-corrected chi connectivity index (χ1v) is 7.41. The summed E-state index contributed by atoms with van der Waals surface area (Å²) in [5.74, 6) is 2.97. The molecule has 0 aliphatic carbocycles.